The number of amides is 1. The number of benzene rings is 1. The minimum atomic E-state index is -0.0336. The molecule has 2 aromatic rings. The molecule has 6 nitrogen and oxygen atoms in total. The lowest BCUT2D eigenvalue weighted by Gasteiger charge is -2.22. The van der Waals surface area contributed by atoms with E-state index in [0.717, 1.165) is 18.7 Å². The number of furan rings is 1. The Morgan fingerprint density at radius 3 is 2.46 bits per heavy atom. The first-order chi connectivity index (χ1) is 12.1. The highest BCUT2D eigenvalue weighted by molar-refractivity contribution is 14.0. The highest BCUT2D eigenvalue weighted by Gasteiger charge is 2.10. The van der Waals surface area contributed by atoms with E-state index in [1.165, 1.54) is 10.5 Å². The second-order valence-electron chi connectivity index (χ2n) is 6.03. The Bertz CT molecular complexity index is 672. The van der Waals surface area contributed by atoms with Crippen molar-refractivity contribution < 1.29 is 9.21 Å². The number of nitrogens with zero attached hydrogens (tertiary/aromatic N) is 3. The number of hydrogen-bond donors (Lipinski definition) is 1. The molecule has 1 heterocycles. The van der Waals surface area contributed by atoms with Gasteiger partial charge in [-0.3, -0.25) is 4.79 Å². The minimum Gasteiger partial charge on any atom is -0.467 e. The third-order valence-electron chi connectivity index (χ3n) is 3.74. The molecule has 0 aliphatic carbocycles. The number of hydrogen-bond acceptors (Lipinski definition) is 3. The molecule has 0 aliphatic heterocycles. The van der Waals surface area contributed by atoms with Gasteiger partial charge >= 0.3 is 0 Å². The third-order valence-corrected chi connectivity index (χ3v) is 3.74. The van der Waals surface area contributed by atoms with Crippen LogP contribution in [0.2, 0.25) is 0 Å². The van der Waals surface area contributed by atoms with E-state index >= 15 is 0 Å². The Labute approximate surface area is 172 Å². The summed E-state index contributed by atoms with van der Waals surface area (Å²) >= 11 is 0. The molecule has 0 saturated carbocycles. The van der Waals surface area contributed by atoms with Crippen molar-refractivity contribution in [1.29, 1.82) is 0 Å². The molecule has 0 fully saturated rings. The first-order valence-electron chi connectivity index (χ1n) is 8.32. The standard InChI is InChI=1S/C19H26N4O2.HI/c1-22(2)18(24)14-21-19(23(3)15-17-10-7-13-25-17)20-12-11-16-8-5-4-6-9-16;/h4-10,13H,11-12,14-15H2,1-3H3,(H,20,21);1H. The SMILES string of the molecule is CN(C)C(=O)CN=C(NCCc1ccccc1)N(C)Cc1ccco1.I. The Hall–Kier alpha value is -2.03. The van der Waals surface area contributed by atoms with Crippen LogP contribution in [0.15, 0.2) is 58.1 Å². The number of carbonyl (C=O) groups excluding carboxylic acids is 1. The van der Waals surface area contributed by atoms with E-state index < -0.39 is 0 Å². The lowest BCUT2D eigenvalue weighted by atomic mass is 10.1. The van der Waals surface area contributed by atoms with Crippen molar-refractivity contribution >= 4 is 35.8 Å². The van der Waals surface area contributed by atoms with Gasteiger partial charge in [0, 0.05) is 27.7 Å². The van der Waals surface area contributed by atoms with Crippen LogP contribution in [0, 0.1) is 0 Å². The van der Waals surface area contributed by atoms with Gasteiger partial charge in [-0.15, -0.1) is 24.0 Å². The Morgan fingerprint density at radius 2 is 1.85 bits per heavy atom. The summed E-state index contributed by atoms with van der Waals surface area (Å²) in [5, 5.41) is 3.34. The van der Waals surface area contributed by atoms with Gasteiger partial charge in [0.25, 0.3) is 0 Å². The largest absolute Gasteiger partial charge is 0.467 e. The first-order valence-corrected chi connectivity index (χ1v) is 8.32. The molecule has 0 radical (unpaired) electrons. The lowest BCUT2D eigenvalue weighted by Crippen LogP contribution is -2.40. The number of likely N-dealkylation sites (N-methyl/N-ethyl adjacent to an activating group) is 1. The van der Waals surface area contributed by atoms with Gasteiger partial charge in [-0.05, 0) is 24.1 Å². The predicted molar refractivity (Wildman–Crippen MR) is 115 cm³/mol. The highest BCUT2D eigenvalue weighted by Crippen LogP contribution is 2.04. The Morgan fingerprint density at radius 1 is 1.12 bits per heavy atom. The molecule has 26 heavy (non-hydrogen) atoms. The van der Waals surface area contributed by atoms with Gasteiger partial charge in [-0.2, -0.15) is 0 Å². The maximum Gasteiger partial charge on any atom is 0.243 e. The van der Waals surface area contributed by atoms with Crippen LogP contribution in [0.25, 0.3) is 0 Å². The number of nitrogens with one attached hydrogen (secondary N) is 1. The van der Waals surface area contributed by atoms with Crippen LogP contribution in [0.1, 0.15) is 11.3 Å². The van der Waals surface area contributed by atoms with Gasteiger partial charge in [-0.25, -0.2) is 4.99 Å². The highest BCUT2D eigenvalue weighted by atomic mass is 127. The zero-order chi connectivity index (χ0) is 18.1. The Balaban J connectivity index is 0.00000338. The third kappa shape index (κ3) is 7.47. The maximum atomic E-state index is 11.8. The summed E-state index contributed by atoms with van der Waals surface area (Å²) in [6, 6.07) is 14.0. The van der Waals surface area contributed by atoms with Crippen molar-refractivity contribution in [3.8, 4) is 0 Å². The van der Waals surface area contributed by atoms with Crippen molar-refractivity contribution in [2.24, 2.45) is 4.99 Å². The zero-order valence-corrected chi connectivity index (χ0v) is 17.8. The van der Waals surface area contributed by atoms with Gasteiger partial charge < -0.3 is 19.5 Å². The fraction of sp³-hybridized carbons (Fsp3) is 0.368. The fourth-order valence-electron chi connectivity index (χ4n) is 2.27. The average molecular weight is 470 g/mol. The van der Waals surface area contributed by atoms with Crippen LogP contribution in [0.3, 0.4) is 0 Å². The van der Waals surface area contributed by atoms with Crippen LogP contribution in [0.4, 0.5) is 0 Å². The molecule has 1 aromatic heterocycles. The van der Waals surface area contributed by atoms with Crippen molar-refractivity contribution in [2.45, 2.75) is 13.0 Å². The smallest absolute Gasteiger partial charge is 0.243 e. The summed E-state index contributed by atoms with van der Waals surface area (Å²) < 4.78 is 5.39. The summed E-state index contributed by atoms with van der Waals surface area (Å²) in [4.78, 5) is 19.8. The zero-order valence-electron chi connectivity index (χ0n) is 15.5. The van der Waals surface area contributed by atoms with E-state index in [1.54, 1.807) is 20.4 Å². The van der Waals surface area contributed by atoms with E-state index in [0.29, 0.717) is 12.5 Å². The van der Waals surface area contributed by atoms with Gasteiger partial charge in [0.1, 0.15) is 12.3 Å². The molecule has 0 bridgehead atoms. The van der Waals surface area contributed by atoms with Crippen LogP contribution < -0.4 is 5.32 Å². The first kappa shape index (κ1) is 22.0. The molecule has 0 spiro atoms. The monoisotopic (exact) mass is 470 g/mol. The number of rotatable bonds is 7. The summed E-state index contributed by atoms with van der Waals surface area (Å²) in [5.41, 5.74) is 1.26. The minimum absolute atomic E-state index is 0. The summed E-state index contributed by atoms with van der Waals surface area (Å²) in [6.07, 6.45) is 2.54. The topological polar surface area (TPSA) is 61.1 Å². The van der Waals surface area contributed by atoms with E-state index in [9.17, 15) is 4.79 Å². The molecule has 1 N–H and O–H groups in total. The van der Waals surface area contributed by atoms with Crippen LogP contribution in [-0.4, -0.2) is 55.9 Å². The maximum absolute atomic E-state index is 11.8. The number of guanidine groups is 1. The van der Waals surface area contributed by atoms with Crippen molar-refractivity contribution in [1.82, 2.24) is 15.1 Å². The molecular formula is C19H27IN4O2. The predicted octanol–water partition coefficient (Wildman–Crippen LogP) is 2.61. The van der Waals surface area contributed by atoms with Gasteiger partial charge in [0.2, 0.25) is 5.91 Å². The molecule has 0 unspecified atom stereocenters. The van der Waals surface area contributed by atoms with Crippen molar-refractivity contribution in [3.63, 3.8) is 0 Å². The molecular weight excluding hydrogens is 443 g/mol. The van der Waals surface area contributed by atoms with Crippen molar-refractivity contribution in [2.75, 3.05) is 34.2 Å². The second kappa shape index (κ2) is 11.6. The van der Waals surface area contributed by atoms with E-state index in [-0.39, 0.29) is 36.4 Å². The number of aliphatic imine (C=N–C) groups is 1. The van der Waals surface area contributed by atoms with Crippen LogP contribution in [0.5, 0.6) is 0 Å². The van der Waals surface area contributed by atoms with Gasteiger partial charge in [-0.1, -0.05) is 30.3 Å². The quantitative estimate of drug-likeness (QED) is 0.384. The number of carbonyl (C=O) groups is 1. The normalized spacial score (nSPS) is 10.8. The molecule has 2 rings (SSSR count). The van der Waals surface area contributed by atoms with E-state index in [4.69, 9.17) is 4.42 Å². The number of halogens is 1. The molecule has 1 amide bonds. The summed E-state index contributed by atoms with van der Waals surface area (Å²) in [6.45, 7) is 1.44. The summed E-state index contributed by atoms with van der Waals surface area (Å²) in [5.74, 6) is 1.50. The molecule has 7 heteroatoms. The molecule has 0 saturated heterocycles. The van der Waals surface area contributed by atoms with Gasteiger partial charge in [0.05, 0.1) is 12.8 Å². The van der Waals surface area contributed by atoms with Crippen LogP contribution >= 0.6 is 24.0 Å². The van der Waals surface area contributed by atoms with Crippen LogP contribution in [-0.2, 0) is 17.8 Å². The molecule has 1 aromatic carbocycles. The molecule has 0 aliphatic rings. The lowest BCUT2D eigenvalue weighted by molar-refractivity contribution is -0.127. The van der Waals surface area contributed by atoms with E-state index in [2.05, 4.69) is 22.4 Å². The molecule has 142 valence electrons. The van der Waals surface area contributed by atoms with Gasteiger partial charge in [0.15, 0.2) is 5.96 Å². The average Bonchev–Trinajstić information content (AvgIpc) is 3.11. The second-order valence-corrected chi connectivity index (χ2v) is 6.03. The Kier molecular flexibility index (Phi) is 9.79. The molecule has 0 atom stereocenters. The summed E-state index contributed by atoms with van der Waals surface area (Å²) in [7, 11) is 5.39. The fourth-order valence-corrected chi connectivity index (χ4v) is 2.27. The van der Waals surface area contributed by atoms with Crippen molar-refractivity contribution in [3.05, 3.63) is 60.1 Å². The van der Waals surface area contributed by atoms with E-state index in [1.807, 2.05) is 42.3 Å².